The van der Waals surface area contributed by atoms with E-state index in [1.54, 1.807) is 6.92 Å². The van der Waals surface area contributed by atoms with Crippen molar-refractivity contribution in [3.63, 3.8) is 0 Å². The van der Waals surface area contributed by atoms with Crippen LogP contribution in [0.15, 0.2) is 120 Å². The van der Waals surface area contributed by atoms with Gasteiger partial charge in [0.25, 0.3) is 10.1 Å². The number of hydrogen-bond donors (Lipinski definition) is 2. The van der Waals surface area contributed by atoms with E-state index in [4.69, 9.17) is 4.74 Å². The van der Waals surface area contributed by atoms with E-state index in [9.17, 15) is 22.6 Å². The Balaban J connectivity index is 1.35. The number of allylic oxidation sites excluding steroid dienone is 8. The number of carbonyl (C=O) groups excluding carboxylic acids is 2. The van der Waals surface area contributed by atoms with Crippen LogP contribution in [0, 0.1) is 5.41 Å². The number of amides is 1. The van der Waals surface area contributed by atoms with Crippen molar-refractivity contribution in [2.75, 3.05) is 36.9 Å². The van der Waals surface area contributed by atoms with E-state index in [-0.39, 0.29) is 36.8 Å². The topological polar surface area (TPSA) is 116 Å². The third-order valence-corrected chi connectivity index (χ3v) is 12.9. The molecule has 9 nitrogen and oxygen atoms in total. The molecule has 2 aliphatic heterocycles. The Morgan fingerprint density at radius 2 is 1.50 bits per heavy atom. The highest BCUT2D eigenvalue weighted by Crippen LogP contribution is 2.51. The first-order valence-corrected chi connectivity index (χ1v) is 21.9. The molecule has 1 amide bonds. The summed E-state index contributed by atoms with van der Waals surface area (Å²) in [4.78, 5) is 30.7. The lowest BCUT2D eigenvalue weighted by molar-refractivity contribution is -0.433. The first-order valence-electron chi connectivity index (χ1n) is 20.2. The van der Waals surface area contributed by atoms with E-state index >= 15 is 0 Å². The third kappa shape index (κ3) is 7.11. The van der Waals surface area contributed by atoms with Crippen LogP contribution in [0.5, 0.6) is 0 Å². The van der Waals surface area contributed by atoms with Gasteiger partial charge in [-0.3, -0.25) is 14.1 Å². The Morgan fingerprint density at radius 3 is 2.14 bits per heavy atom. The van der Waals surface area contributed by atoms with Crippen LogP contribution in [0.1, 0.15) is 72.4 Å². The maximum Gasteiger partial charge on any atom is 0.322 e. The fourth-order valence-electron chi connectivity index (χ4n) is 9.57. The molecule has 2 N–H and O–H groups in total. The van der Waals surface area contributed by atoms with Crippen LogP contribution in [-0.4, -0.2) is 67.1 Å². The number of likely N-dealkylation sites (N-methyl/N-ethyl adjacent to an activating group) is 1. The van der Waals surface area contributed by atoms with E-state index in [0.717, 1.165) is 47.0 Å². The van der Waals surface area contributed by atoms with Crippen molar-refractivity contribution in [1.82, 2.24) is 5.32 Å². The molecule has 302 valence electrons. The predicted octanol–water partition coefficient (Wildman–Crippen LogP) is 8.85. The largest absolute Gasteiger partial charge is 0.465 e. The summed E-state index contributed by atoms with van der Waals surface area (Å²) < 4.78 is 40.6. The molecule has 4 aromatic carbocycles. The van der Waals surface area contributed by atoms with Crippen LogP contribution in [-0.2, 0) is 35.3 Å². The van der Waals surface area contributed by atoms with Crippen LogP contribution in [0.25, 0.3) is 21.5 Å². The smallest absolute Gasteiger partial charge is 0.322 e. The van der Waals surface area contributed by atoms with Gasteiger partial charge in [0.1, 0.15) is 6.54 Å². The monoisotopic (exact) mass is 800 g/mol. The average Bonchev–Trinajstić information content (AvgIpc) is 3.56. The zero-order valence-corrected chi connectivity index (χ0v) is 35.4. The minimum Gasteiger partial charge on any atom is -0.465 e. The minimum absolute atomic E-state index is 0.0354. The van der Waals surface area contributed by atoms with Gasteiger partial charge in [-0.2, -0.15) is 13.0 Å². The molecule has 4 aromatic rings. The molecule has 10 heteroatoms. The summed E-state index contributed by atoms with van der Waals surface area (Å²) in [6.45, 7) is 16.1. The number of carbonyl (C=O) groups is 2. The molecule has 58 heavy (non-hydrogen) atoms. The Kier molecular flexibility index (Phi) is 10.9. The molecule has 0 bridgehead atoms. The summed E-state index contributed by atoms with van der Waals surface area (Å²) in [7, 11) is -4.35. The van der Waals surface area contributed by atoms with Crippen LogP contribution in [0.2, 0.25) is 0 Å². The van der Waals surface area contributed by atoms with Crippen molar-refractivity contribution in [1.29, 1.82) is 0 Å². The Bertz CT molecular complexity index is 2610. The second-order valence-electron chi connectivity index (χ2n) is 16.5. The van der Waals surface area contributed by atoms with Crippen LogP contribution >= 0.6 is 0 Å². The fourth-order valence-corrected chi connectivity index (χ4v) is 9.93. The third-order valence-electron chi connectivity index (χ3n) is 12.2. The van der Waals surface area contributed by atoms with Gasteiger partial charge in [-0.05, 0) is 104 Å². The lowest BCUT2D eigenvalue weighted by Crippen LogP contribution is -2.49. The van der Waals surface area contributed by atoms with Gasteiger partial charge in [0.15, 0.2) is 11.1 Å². The van der Waals surface area contributed by atoms with Crippen molar-refractivity contribution < 1.29 is 31.9 Å². The highest BCUT2D eigenvalue weighted by molar-refractivity contribution is 7.85. The predicted molar refractivity (Wildman–Crippen MR) is 234 cm³/mol. The van der Waals surface area contributed by atoms with Gasteiger partial charge in [0.05, 0.1) is 17.8 Å². The van der Waals surface area contributed by atoms with Crippen LogP contribution in [0.4, 0.5) is 11.4 Å². The number of nitrogens with one attached hydrogen (secondary N) is 1. The van der Waals surface area contributed by atoms with Gasteiger partial charge in [0, 0.05) is 47.6 Å². The summed E-state index contributed by atoms with van der Waals surface area (Å²) in [5, 5.41) is 7.41. The maximum atomic E-state index is 14.3. The lowest BCUT2D eigenvalue weighted by Gasteiger charge is -2.34. The number of benzene rings is 4. The van der Waals surface area contributed by atoms with Gasteiger partial charge in [-0.15, -0.1) is 0 Å². The number of hydrogen-bond acceptors (Lipinski definition) is 6. The van der Waals surface area contributed by atoms with Gasteiger partial charge in [0.2, 0.25) is 11.6 Å². The number of fused-ring (bicyclic) bond motifs is 6. The van der Waals surface area contributed by atoms with Gasteiger partial charge >= 0.3 is 5.97 Å². The van der Waals surface area contributed by atoms with E-state index < -0.39 is 33.2 Å². The second-order valence-corrected chi connectivity index (χ2v) is 18.1. The number of rotatable bonds is 11. The van der Waals surface area contributed by atoms with E-state index in [2.05, 4.69) is 147 Å². The lowest BCUT2D eigenvalue weighted by atomic mass is 9.70. The number of anilines is 1. The van der Waals surface area contributed by atoms with E-state index in [1.807, 2.05) is 12.2 Å². The Hall–Kier alpha value is -5.32. The van der Waals surface area contributed by atoms with E-state index in [0.29, 0.717) is 0 Å². The van der Waals surface area contributed by atoms with Gasteiger partial charge in [-0.25, -0.2) is 0 Å². The number of ether oxygens (including phenoxy) is 1. The maximum absolute atomic E-state index is 14.3. The summed E-state index contributed by atoms with van der Waals surface area (Å²) in [5.74, 6) is -2.01. The standard InChI is InChI=1S/C48H53N3O6S/c1-8-50-38-23-21-34-15-11-13-17-36(34)42(38)46(4,5)40(50)25-19-32-29-33(31-48(30-32,45(53)57-10-3)44(52)49-27-28-58(54,55)56)20-26-41-47(6,7)43-37-18-14-12-16-35(37)22-24-39(43)51(41)9-2/h11-26,29H,8-10,27-28,30-31H2,1-7H3,(H-,49,52,54,55,56)/p+1. The highest BCUT2D eigenvalue weighted by Gasteiger charge is 2.50. The molecule has 0 spiro atoms. The molecule has 2 heterocycles. The molecule has 0 saturated heterocycles. The molecule has 0 fully saturated rings. The fraction of sp³-hybridized carbons (Fsp3) is 0.354. The zero-order valence-electron chi connectivity index (χ0n) is 34.6. The molecule has 0 saturated carbocycles. The highest BCUT2D eigenvalue weighted by atomic mass is 32.2. The van der Waals surface area contributed by atoms with Crippen molar-refractivity contribution in [3.05, 3.63) is 131 Å². The number of nitrogens with zero attached hydrogens (tertiary/aromatic N) is 2. The van der Waals surface area contributed by atoms with Crippen molar-refractivity contribution in [3.8, 4) is 0 Å². The number of esters is 1. The summed E-state index contributed by atoms with van der Waals surface area (Å²) in [6.07, 6.45) is 10.4. The molecule has 3 aliphatic rings. The van der Waals surface area contributed by atoms with Crippen molar-refractivity contribution in [2.45, 2.75) is 72.1 Å². The van der Waals surface area contributed by atoms with E-state index in [1.165, 1.54) is 32.7 Å². The molecule has 7 rings (SSSR count). The quantitative estimate of drug-likeness (QED) is 0.0674. The molecule has 1 aliphatic carbocycles. The van der Waals surface area contributed by atoms with Crippen LogP contribution < -0.4 is 10.2 Å². The molecule has 1 unspecified atom stereocenters. The first-order chi connectivity index (χ1) is 27.6. The summed E-state index contributed by atoms with van der Waals surface area (Å²) >= 11 is 0. The Labute approximate surface area is 342 Å². The molecule has 0 radical (unpaired) electrons. The van der Waals surface area contributed by atoms with Gasteiger partial charge < -0.3 is 15.0 Å². The average molecular weight is 801 g/mol. The Morgan fingerprint density at radius 1 is 0.845 bits per heavy atom. The van der Waals surface area contributed by atoms with Crippen LogP contribution in [0.3, 0.4) is 0 Å². The second kappa shape index (κ2) is 15.5. The van der Waals surface area contributed by atoms with Crippen molar-refractivity contribution in [2.24, 2.45) is 5.41 Å². The molecular weight excluding hydrogens is 747 g/mol. The molecular formula is C48H54N3O6S+. The summed E-state index contributed by atoms with van der Waals surface area (Å²) in [5.41, 5.74) is 6.10. The normalized spacial score (nSPS) is 21.2. The van der Waals surface area contributed by atoms with Crippen molar-refractivity contribution >= 4 is 60.6 Å². The zero-order chi connectivity index (χ0) is 41.6. The molecule has 0 aromatic heterocycles. The SMILES string of the molecule is CCOC(=O)C1(C(=O)NCCS(=O)(=O)O)CC(/C=C/C2=[N+](CC)c3ccc4ccccc4c3C2(C)C)=CC(=C/C=C2/N(CC)c3ccc4ccccc4c3C2(C)C)/C1. The van der Waals surface area contributed by atoms with Gasteiger partial charge in [-0.1, -0.05) is 86.7 Å². The summed E-state index contributed by atoms with van der Waals surface area (Å²) in [6, 6.07) is 25.6. The molecule has 1 atom stereocenters. The minimum atomic E-state index is -4.35. The first kappa shape index (κ1) is 40.9.